The Kier molecular flexibility index (Phi) is 15.5. The van der Waals surface area contributed by atoms with Crippen LogP contribution in [-0.2, 0) is 42.8 Å². The van der Waals surface area contributed by atoms with E-state index in [1.54, 1.807) is 46.0 Å². The van der Waals surface area contributed by atoms with Gasteiger partial charge in [-0.25, -0.2) is 9.59 Å². The highest BCUT2D eigenvalue weighted by molar-refractivity contribution is 6.00. The molecule has 326 valence electrons. The van der Waals surface area contributed by atoms with Gasteiger partial charge in [0, 0.05) is 35.4 Å². The van der Waals surface area contributed by atoms with Gasteiger partial charge < -0.3 is 43.7 Å². The van der Waals surface area contributed by atoms with Crippen LogP contribution < -0.4 is 5.32 Å². The number of carbonyl (C=O) groups excluding carboxylic acids is 5. The molecule has 0 unspecified atom stereocenters. The Morgan fingerprint density at radius 3 is 2.44 bits per heavy atom. The first-order valence-electron chi connectivity index (χ1n) is 20.1. The maximum atomic E-state index is 14.4. The average Bonchev–Trinajstić information content (AvgIpc) is 3.50. The number of amides is 1. The summed E-state index contributed by atoms with van der Waals surface area (Å²) >= 11 is 0. The number of aliphatic hydroxyl groups is 1. The normalized spacial score (nSPS) is 35.9. The van der Waals surface area contributed by atoms with E-state index in [4.69, 9.17) is 28.4 Å². The number of esters is 1. The Balaban J connectivity index is 0.00000769. The number of nitrogens with zero attached hydrogens (tertiary/aromatic N) is 2. The molecule has 15 heteroatoms. The van der Waals surface area contributed by atoms with E-state index in [0.717, 1.165) is 16.5 Å². The van der Waals surface area contributed by atoms with Crippen molar-refractivity contribution >= 4 is 46.8 Å². The van der Waals surface area contributed by atoms with Gasteiger partial charge in [-0.2, -0.15) is 0 Å². The number of carbonyl (C=O) groups is 5. The number of ketones is 2. The summed E-state index contributed by atoms with van der Waals surface area (Å²) < 4.78 is 36.0. The van der Waals surface area contributed by atoms with Crippen molar-refractivity contribution in [3.63, 3.8) is 0 Å². The summed E-state index contributed by atoms with van der Waals surface area (Å²) in [5.41, 5.74) is -1.56. The number of hydrogen-bond donors (Lipinski definition) is 2. The second kappa shape index (κ2) is 19.3. The Labute approximate surface area is 347 Å². The lowest BCUT2D eigenvalue weighted by molar-refractivity contribution is -0.293. The second-order valence-electron chi connectivity index (χ2n) is 16.7. The molecule has 0 aliphatic carbocycles. The van der Waals surface area contributed by atoms with Crippen LogP contribution in [0.3, 0.4) is 0 Å². The zero-order valence-corrected chi connectivity index (χ0v) is 35.1. The van der Waals surface area contributed by atoms with Crippen molar-refractivity contribution in [1.29, 1.82) is 0 Å². The minimum atomic E-state index is -1.80. The molecule has 5 rings (SSSR count). The fourth-order valence-corrected chi connectivity index (χ4v) is 8.80. The van der Waals surface area contributed by atoms with Crippen molar-refractivity contribution < 1.29 is 57.5 Å². The molecule has 1 aromatic heterocycles. The Bertz CT molecular complexity index is 1870. The predicted molar refractivity (Wildman–Crippen MR) is 219 cm³/mol. The van der Waals surface area contributed by atoms with Crippen molar-refractivity contribution in [3.8, 4) is 0 Å². The van der Waals surface area contributed by atoms with Gasteiger partial charge in [0.1, 0.15) is 42.2 Å². The lowest BCUT2D eigenvalue weighted by atomic mass is 9.73. The monoisotopic (exact) mass is 825 g/mol. The molecule has 1 aromatic carbocycles. The Morgan fingerprint density at radius 1 is 1.05 bits per heavy atom. The van der Waals surface area contributed by atoms with Gasteiger partial charge in [-0.15, -0.1) is 0 Å². The van der Waals surface area contributed by atoms with E-state index in [-0.39, 0.29) is 44.8 Å². The third-order valence-corrected chi connectivity index (χ3v) is 12.0. The molecule has 0 saturated carbocycles. The van der Waals surface area contributed by atoms with Gasteiger partial charge in [-0.1, -0.05) is 53.3 Å². The number of ether oxygens (including phenoxy) is 6. The molecule has 59 heavy (non-hydrogen) atoms. The number of alkyl carbamates (subject to hydrolysis) is 1. The zero-order valence-electron chi connectivity index (χ0n) is 35.1. The first kappa shape index (κ1) is 47.2. The van der Waals surface area contributed by atoms with Gasteiger partial charge >= 0.3 is 18.2 Å². The summed E-state index contributed by atoms with van der Waals surface area (Å²) in [6.45, 7) is 12.8. The lowest BCUT2D eigenvalue weighted by Crippen LogP contribution is -2.60. The number of fused-ring (bicyclic) bond motifs is 2. The maximum Gasteiger partial charge on any atom is 0.509 e. The quantitative estimate of drug-likeness (QED) is 0.182. The molecule has 2 N–H and O–H groups in total. The van der Waals surface area contributed by atoms with Crippen LogP contribution >= 0.6 is 0 Å². The topological polar surface area (TPSA) is 189 Å². The van der Waals surface area contributed by atoms with Gasteiger partial charge in [0.25, 0.3) is 0 Å². The standard InChI is InChI=1S/C43H59N3O12.CH4/c1-11-32-43(8)36(45-40(51)57-43)25(4)33(47)23(2)22-42(7,58-41(52)53-19-13-14-28-16-17-30-29(21-28)15-12-18-44-30)37(26(5)34(48)27(6)38(50)55-32)56-39-35(49)31(46(9)10)20-24(3)54-39;/h12-18,21,23-27,31-32,35-37,39,49H,11,19-20,22H2,1-10H3,(H,45,51);1H4/b14-13+;/t23-,24-,25+,26+,27-,31+,32-,35-,36-,37-,39+,42-,43-;/m1./s1. The van der Waals surface area contributed by atoms with Crippen LogP contribution in [0.2, 0.25) is 0 Å². The molecule has 4 heterocycles. The van der Waals surface area contributed by atoms with Crippen LogP contribution in [0.25, 0.3) is 17.0 Å². The molecule has 0 radical (unpaired) electrons. The second-order valence-corrected chi connectivity index (χ2v) is 16.7. The van der Waals surface area contributed by atoms with Crippen molar-refractivity contribution in [1.82, 2.24) is 15.2 Å². The van der Waals surface area contributed by atoms with E-state index >= 15 is 0 Å². The van der Waals surface area contributed by atoms with Crippen LogP contribution in [0.4, 0.5) is 9.59 Å². The molecule has 15 nitrogen and oxygen atoms in total. The number of likely N-dealkylation sites (N-methyl/N-ethyl adjacent to an activating group) is 1. The summed E-state index contributed by atoms with van der Waals surface area (Å²) in [6, 6.07) is 8.20. The van der Waals surface area contributed by atoms with E-state index < -0.39 is 89.5 Å². The summed E-state index contributed by atoms with van der Waals surface area (Å²) in [5.74, 6) is -6.07. The molecule has 2 aromatic rings. The molecule has 1 amide bonds. The summed E-state index contributed by atoms with van der Waals surface area (Å²) in [4.78, 5) is 75.2. The molecular weight excluding hydrogens is 762 g/mol. The highest BCUT2D eigenvalue weighted by Gasteiger charge is 2.57. The first-order valence-corrected chi connectivity index (χ1v) is 20.1. The number of benzene rings is 1. The fraction of sp³-hybridized carbons (Fsp3) is 0.636. The van der Waals surface area contributed by atoms with Crippen LogP contribution in [0.5, 0.6) is 0 Å². The van der Waals surface area contributed by atoms with Crippen molar-refractivity contribution in [2.45, 2.75) is 136 Å². The van der Waals surface area contributed by atoms with E-state index in [1.165, 1.54) is 20.8 Å². The van der Waals surface area contributed by atoms with E-state index in [1.807, 2.05) is 56.3 Å². The molecular formula is C44H63N3O12. The fourth-order valence-electron chi connectivity index (χ4n) is 8.80. The van der Waals surface area contributed by atoms with Crippen LogP contribution in [0, 0.1) is 23.7 Å². The van der Waals surface area contributed by atoms with Crippen molar-refractivity contribution in [2.24, 2.45) is 23.7 Å². The molecule has 0 spiro atoms. The third kappa shape index (κ3) is 10.3. The van der Waals surface area contributed by atoms with Crippen LogP contribution in [-0.4, -0.2) is 119 Å². The molecule has 0 bridgehead atoms. The molecule has 3 aliphatic rings. The maximum absolute atomic E-state index is 14.4. The van der Waals surface area contributed by atoms with E-state index in [2.05, 4.69) is 10.3 Å². The predicted octanol–water partition coefficient (Wildman–Crippen LogP) is 5.88. The SMILES string of the molecule is C.CC[C@H]1OC(=O)[C@H](C)C(=O)[C@H](C)[C@@H](O[C@@H]2O[C@H](C)C[C@H](N(C)C)[C@H]2O)[C@](C)(OC(=O)OC/C=C/c2ccc3ncccc3c2)C[C@@H](C)C(=O)[C@H](C)[C@H]2NC(=O)O[C@@]21C. The lowest BCUT2D eigenvalue weighted by Gasteiger charge is -2.46. The van der Waals surface area contributed by atoms with Gasteiger partial charge in [-0.05, 0) is 90.9 Å². The third-order valence-electron chi connectivity index (χ3n) is 12.0. The van der Waals surface area contributed by atoms with Crippen LogP contribution in [0.15, 0.2) is 42.6 Å². The minimum Gasteiger partial charge on any atom is -0.458 e. The zero-order chi connectivity index (χ0) is 42.7. The highest BCUT2D eigenvalue weighted by atomic mass is 16.8. The average molecular weight is 826 g/mol. The Morgan fingerprint density at radius 2 is 1.76 bits per heavy atom. The van der Waals surface area contributed by atoms with Crippen molar-refractivity contribution in [3.05, 3.63) is 48.2 Å². The van der Waals surface area contributed by atoms with Crippen LogP contribution in [0.1, 0.15) is 87.6 Å². The first-order chi connectivity index (χ1) is 27.3. The Hall–Kier alpha value is -4.44. The van der Waals surface area contributed by atoms with E-state index in [0.29, 0.717) is 6.42 Å². The number of hydrogen-bond acceptors (Lipinski definition) is 14. The van der Waals surface area contributed by atoms with E-state index in [9.17, 15) is 29.1 Å². The molecule has 13 atom stereocenters. The molecule has 3 fully saturated rings. The summed E-state index contributed by atoms with van der Waals surface area (Å²) in [5, 5.41) is 15.2. The smallest absolute Gasteiger partial charge is 0.458 e. The number of nitrogens with one attached hydrogen (secondary N) is 1. The summed E-state index contributed by atoms with van der Waals surface area (Å²) in [7, 11) is 3.64. The number of rotatable bonds is 8. The molecule has 3 saturated heterocycles. The van der Waals surface area contributed by atoms with Gasteiger partial charge in [-0.3, -0.25) is 19.4 Å². The highest BCUT2D eigenvalue weighted by Crippen LogP contribution is 2.40. The summed E-state index contributed by atoms with van der Waals surface area (Å²) in [6.07, 6.45) is -1.45. The minimum absolute atomic E-state index is 0. The largest absolute Gasteiger partial charge is 0.509 e. The number of pyridine rings is 1. The number of Topliss-reactive ketones (excluding diaryl/α,β-unsaturated/α-hetero) is 2. The molecule has 3 aliphatic heterocycles. The number of cyclic esters (lactones) is 1. The van der Waals surface area contributed by atoms with Gasteiger partial charge in [0.05, 0.1) is 17.7 Å². The van der Waals surface area contributed by atoms with Crippen molar-refractivity contribution in [2.75, 3.05) is 20.7 Å². The number of aliphatic hydroxyl groups excluding tert-OH is 1. The number of aromatic nitrogens is 1. The van der Waals surface area contributed by atoms with Gasteiger partial charge in [0.2, 0.25) is 0 Å². The van der Waals surface area contributed by atoms with Gasteiger partial charge in [0.15, 0.2) is 17.7 Å².